The highest BCUT2D eigenvalue weighted by atomic mass is 16.3. The minimum atomic E-state index is -0.106. The van der Waals surface area contributed by atoms with Gasteiger partial charge in [0.1, 0.15) is 5.75 Å². The van der Waals surface area contributed by atoms with E-state index < -0.39 is 0 Å². The lowest BCUT2D eigenvalue weighted by Gasteiger charge is -2.32. The number of unbranched alkanes of at least 4 members (excludes halogenated alkanes) is 28. The average molecular weight is 685 g/mol. The average Bonchev–Trinajstić information content (AvgIpc) is 3.08. The number of aliphatic hydroxyl groups excluding tert-OH is 1. The van der Waals surface area contributed by atoms with E-state index >= 15 is 0 Å². The highest BCUT2D eigenvalue weighted by molar-refractivity contribution is 5.50. The van der Waals surface area contributed by atoms with Crippen molar-refractivity contribution < 1.29 is 10.2 Å². The second-order valence-corrected chi connectivity index (χ2v) is 17.4. The molecule has 0 aliphatic carbocycles. The highest BCUT2D eigenvalue weighted by Crippen LogP contribution is 2.44. The second-order valence-electron chi connectivity index (χ2n) is 17.4. The van der Waals surface area contributed by atoms with Crippen molar-refractivity contribution in [3.63, 3.8) is 0 Å². The number of hydrogen-bond donors (Lipinski definition) is 2. The number of phenolic OH excluding ortho intramolecular Hbond substituents is 1. The molecule has 2 nitrogen and oxygen atoms in total. The predicted molar refractivity (Wildman–Crippen MR) is 219 cm³/mol. The number of aromatic hydroxyl groups is 1. The zero-order valence-electron chi connectivity index (χ0n) is 34.4. The van der Waals surface area contributed by atoms with Crippen LogP contribution in [0, 0.1) is 0 Å². The van der Waals surface area contributed by atoms with Crippen molar-refractivity contribution >= 4 is 0 Å². The lowest BCUT2D eigenvalue weighted by molar-refractivity contribution is 0.280. The van der Waals surface area contributed by atoms with E-state index in [0.717, 1.165) is 29.5 Å². The Morgan fingerprint density at radius 3 is 0.837 bits per heavy atom. The normalized spacial score (nSPS) is 12.3. The van der Waals surface area contributed by atoms with E-state index in [-0.39, 0.29) is 17.4 Å². The molecule has 0 unspecified atom stereocenters. The first-order valence-electron chi connectivity index (χ1n) is 22.2. The number of benzene rings is 1. The summed E-state index contributed by atoms with van der Waals surface area (Å²) in [5.74, 6) is 0.481. The van der Waals surface area contributed by atoms with Crippen molar-refractivity contribution in [2.75, 3.05) is 0 Å². The van der Waals surface area contributed by atoms with E-state index in [1.165, 1.54) is 193 Å². The smallest absolute Gasteiger partial charge is 0.123 e. The summed E-state index contributed by atoms with van der Waals surface area (Å²) in [6, 6.07) is 4.15. The molecule has 0 aromatic heterocycles. The Bertz CT molecular complexity index is 817. The van der Waals surface area contributed by atoms with Gasteiger partial charge < -0.3 is 10.2 Å². The molecule has 1 rings (SSSR count). The third-order valence-corrected chi connectivity index (χ3v) is 11.6. The molecule has 0 atom stereocenters. The Hall–Kier alpha value is -1.02. The fourth-order valence-electron chi connectivity index (χ4n) is 7.96. The first kappa shape index (κ1) is 46.0. The molecule has 0 amide bonds. The fraction of sp³-hybridized carbons (Fsp3) is 0.872. The van der Waals surface area contributed by atoms with E-state index in [1.54, 1.807) is 0 Å². The Labute approximate surface area is 308 Å². The minimum absolute atomic E-state index is 0.0321. The van der Waals surface area contributed by atoms with Gasteiger partial charge in [-0.2, -0.15) is 0 Å². The van der Waals surface area contributed by atoms with Crippen LogP contribution in [0.3, 0.4) is 0 Å². The molecule has 0 saturated heterocycles. The summed E-state index contributed by atoms with van der Waals surface area (Å²) in [7, 11) is 0. The largest absolute Gasteiger partial charge is 0.507 e. The number of rotatable bonds is 35. The van der Waals surface area contributed by atoms with Gasteiger partial charge in [-0.1, -0.05) is 234 Å². The van der Waals surface area contributed by atoms with Crippen LogP contribution in [-0.2, 0) is 17.4 Å². The van der Waals surface area contributed by atoms with E-state index in [4.69, 9.17) is 0 Å². The number of phenols is 1. The van der Waals surface area contributed by atoms with Crippen LogP contribution < -0.4 is 0 Å². The minimum Gasteiger partial charge on any atom is -0.507 e. The van der Waals surface area contributed by atoms with Crippen molar-refractivity contribution in [2.45, 2.75) is 264 Å². The SMILES string of the molecule is CCCCCCCCCCCCCCCCCC(C)(C)c1cc(CO)cc(C(C)(C)CCCCCCCCCCCCCCCCC)c1O. The molecule has 288 valence electrons. The maximum absolute atomic E-state index is 11.6. The van der Waals surface area contributed by atoms with E-state index in [0.29, 0.717) is 5.75 Å². The molecule has 0 radical (unpaired) electrons. The summed E-state index contributed by atoms with van der Waals surface area (Å²) in [5.41, 5.74) is 2.79. The summed E-state index contributed by atoms with van der Waals surface area (Å²) in [6.07, 6.45) is 43.6. The molecule has 0 saturated carbocycles. The van der Waals surface area contributed by atoms with Crippen molar-refractivity contribution in [1.82, 2.24) is 0 Å². The first-order chi connectivity index (χ1) is 23.7. The van der Waals surface area contributed by atoms with Crippen LogP contribution in [0.25, 0.3) is 0 Å². The number of hydrogen-bond acceptors (Lipinski definition) is 2. The van der Waals surface area contributed by atoms with Crippen LogP contribution in [0.5, 0.6) is 5.75 Å². The summed E-state index contributed by atoms with van der Waals surface area (Å²) < 4.78 is 0. The van der Waals surface area contributed by atoms with Gasteiger partial charge in [-0.25, -0.2) is 0 Å². The van der Waals surface area contributed by atoms with Gasteiger partial charge in [0.2, 0.25) is 0 Å². The fourth-order valence-corrected chi connectivity index (χ4v) is 7.96. The molecule has 1 aromatic rings. The van der Waals surface area contributed by atoms with E-state index in [9.17, 15) is 10.2 Å². The molecule has 0 aliphatic heterocycles. The maximum atomic E-state index is 11.6. The second kappa shape index (κ2) is 29.5. The van der Waals surface area contributed by atoms with Crippen LogP contribution in [-0.4, -0.2) is 10.2 Å². The third-order valence-electron chi connectivity index (χ3n) is 11.6. The zero-order valence-corrected chi connectivity index (χ0v) is 34.4. The highest BCUT2D eigenvalue weighted by Gasteiger charge is 2.31. The molecule has 0 fully saturated rings. The molecular formula is C47H88O2. The molecule has 1 aromatic carbocycles. The standard InChI is InChI=1S/C47H88O2/c1-7-9-11-13-15-17-19-21-23-25-27-29-31-33-35-37-46(3,4)43-39-42(41-48)40-44(45(43)49)47(5,6)38-36-34-32-30-28-26-24-22-20-18-16-14-12-10-8-2/h39-40,48-49H,7-38,41H2,1-6H3. The maximum Gasteiger partial charge on any atom is 0.123 e. The zero-order chi connectivity index (χ0) is 36.1. The summed E-state index contributed by atoms with van der Waals surface area (Å²) >= 11 is 0. The Kier molecular flexibility index (Phi) is 27.7. The van der Waals surface area contributed by atoms with Crippen LogP contribution in [0.2, 0.25) is 0 Å². The molecule has 2 heteroatoms. The van der Waals surface area contributed by atoms with Crippen molar-refractivity contribution in [1.29, 1.82) is 0 Å². The lowest BCUT2D eigenvalue weighted by Crippen LogP contribution is -2.22. The van der Waals surface area contributed by atoms with Crippen molar-refractivity contribution in [3.05, 3.63) is 28.8 Å². The summed E-state index contributed by atoms with van der Waals surface area (Å²) in [4.78, 5) is 0. The summed E-state index contributed by atoms with van der Waals surface area (Å²) in [6.45, 7) is 13.8. The molecule has 49 heavy (non-hydrogen) atoms. The third kappa shape index (κ3) is 22.5. The van der Waals surface area contributed by atoms with Gasteiger partial charge in [0.15, 0.2) is 0 Å². The molecule has 0 spiro atoms. The van der Waals surface area contributed by atoms with Gasteiger partial charge >= 0.3 is 0 Å². The van der Waals surface area contributed by atoms with Gasteiger partial charge in [0.05, 0.1) is 6.61 Å². The van der Waals surface area contributed by atoms with Gasteiger partial charge in [-0.05, 0) is 41.4 Å². The van der Waals surface area contributed by atoms with E-state index in [1.807, 2.05) is 0 Å². The van der Waals surface area contributed by atoms with Gasteiger partial charge in [0, 0.05) is 11.1 Å². The predicted octanol–water partition coefficient (Wildman–Crippen LogP) is 16.0. The Balaban J connectivity index is 2.33. The van der Waals surface area contributed by atoms with Crippen LogP contribution >= 0.6 is 0 Å². The molecular weight excluding hydrogens is 597 g/mol. The summed E-state index contributed by atoms with van der Waals surface area (Å²) in [5, 5.41) is 21.8. The lowest BCUT2D eigenvalue weighted by atomic mass is 9.73. The topological polar surface area (TPSA) is 40.5 Å². The first-order valence-corrected chi connectivity index (χ1v) is 22.2. The quantitative estimate of drug-likeness (QED) is 0.0699. The Morgan fingerprint density at radius 2 is 0.612 bits per heavy atom. The Morgan fingerprint density at radius 1 is 0.388 bits per heavy atom. The van der Waals surface area contributed by atoms with Gasteiger partial charge in [0.25, 0.3) is 0 Å². The van der Waals surface area contributed by atoms with Gasteiger partial charge in [-0.15, -0.1) is 0 Å². The number of aliphatic hydroxyl groups is 1. The monoisotopic (exact) mass is 685 g/mol. The molecule has 0 heterocycles. The molecule has 0 aliphatic rings. The van der Waals surface area contributed by atoms with Crippen LogP contribution in [0.15, 0.2) is 12.1 Å². The van der Waals surface area contributed by atoms with Crippen LogP contribution in [0.4, 0.5) is 0 Å². The van der Waals surface area contributed by atoms with Crippen molar-refractivity contribution in [2.24, 2.45) is 0 Å². The molecule has 2 N–H and O–H groups in total. The van der Waals surface area contributed by atoms with E-state index in [2.05, 4.69) is 53.7 Å². The van der Waals surface area contributed by atoms with Crippen molar-refractivity contribution in [3.8, 4) is 5.75 Å². The van der Waals surface area contributed by atoms with Crippen LogP contribution in [0.1, 0.15) is 264 Å². The molecule has 0 bridgehead atoms. The van der Waals surface area contributed by atoms with Gasteiger partial charge in [-0.3, -0.25) is 0 Å².